The molecule has 3 aromatic rings. The number of hydrogen-bond acceptors (Lipinski definition) is 5. The Morgan fingerprint density at radius 3 is 2.95 bits per heavy atom. The van der Waals surface area contributed by atoms with Gasteiger partial charge in [0.1, 0.15) is 17.4 Å². The lowest BCUT2D eigenvalue weighted by atomic mass is 10.1. The van der Waals surface area contributed by atoms with Gasteiger partial charge in [-0.25, -0.2) is 9.97 Å². The third-order valence-corrected chi connectivity index (χ3v) is 3.82. The van der Waals surface area contributed by atoms with E-state index in [1.165, 1.54) is 0 Å². The number of hydrogen-bond donors (Lipinski definition) is 1. The molecule has 6 heteroatoms. The molecule has 1 aliphatic rings. The van der Waals surface area contributed by atoms with Crippen LogP contribution in [0.2, 0.25) is 0 Å². The largest absolute Gasteiger partial charge is 0.378 e. The summed E-state index contributed by atoms with van der Waals surface area (Å²) in [5.41, 5.74) is 3.27. The van der Waals surface area contributed by atoms with Crippen molar-refractivity contribution >= 4 is 27.6 Å². The summed E-state index contributed by atoms with van der Waals surface area (Å²) < 4.78 is 5.42. The zero-order valence-corrected chi connectivity index (χ0v) is 11.3. The van der Waals surface area contributed by atoms with Gasteiger partial charge in [-0.3, -0.25) is 0 Å². The van der Waals surface area contributed by atoms with Crippen molar-refractivity contribution in [3.05, 3.63) is 30.2 Å². The van der Waals surface area contributed by atoms with Crippen LogP contribution in [0.3, 0.4) is 0 Å². The quantitative estimate of drug-likeness (QED) is 0.735. The van der Waals surface area contributed by atoms with Crippen molar-refractivity contribution in [2.45, 2.75) is 0 Å². The Bertz CT molecular complexity index is 857. The van der Waals surface area contributed by atoms with Gasteiger partial charge in [-0.05, 0) is 12.1 Å². The number of H-pyrrole nitrogens is 1. The summed E-state index contributed by atoms with van der Waals surface area (Å²) in [5.74, 6) is 0. The first-order valence-electron chi connectivity index (χ1n) is 6.86. The molecule has 0 amide bonds. The second-order valence-electron chi connectivity index (χ2n) is 5.01. The van der Waals surface area contributed by atoms with E-state index < -0.39 is 0 Å². The maximum atomic E-state index is 9.06. The highest BCUT2D eigenvalue weighted by Gasteiger charge is 2.17. The van der Waals surface area contributed by atoms with Gasteiger partial charge < -0.3 is 14.6 Å². The third-order valence-electron chi connectivity index (χ3n) is 3.82. The second kappa shape index (κ2) is 4.72. The summed E-state index contributed by atoms with van der Waals surface area (Å²) in [5, 5.41) is 11.1. The van der Waals surface area contributed by atoms with E-state index in [4.69, 9.17) is 10.00 Å². The fourth-order valence-electron chi connectivity index (χ4n) is 2.83. The molecule has 4 rings (SSSR count). The van der Waals surface area contributed by atoms with Crippen LogP contribution in [-0.2, 0) is 4.74 Å². The number of nitrogens with one attached hydrogen (secondary N) is 1. The maximum Gasteiger partial charge on any atom is 0.141 e. The smallest absolute Gasteiger partial charge is 0.141 e. The Morgan fingerprint density at radius 1 is 1.29 bits per heavy atom. The molecule has 6 nitrogen and oxygen atoms in total. The first-order valence-corrected chi connectivity index (χ1v) is 6.86. The van der Waals surface area contributed by atoms with Crippen LogP contribution in [0.15, 0.2) is 24.5 Å². The summed E-state index contributed by atoms with van der Waals surface area (Å²) >= 11 is 0. The molecule has 4 heterocycles. The number of pyridine rings is 2. The molecule has 104 valence electrons. The molecule has 0 bridgehead atoms. The van der Waals surface area contributed by atoms with Gasteiger partial charge in [-0.2, -0.15) is 5.26 Å². The van der Waals surface area contributed by atoms with E-state index in [0.717, 1.165) is 53.9 Å². The molecule has 1 fully saturated rings. The Morgan fingerprint density at radius 2 is 2.14 bits per heavy atom. The molecular formula is C15H13N5O. The first-order chi connectivity index (χ1) is 10.4. The van der Waals surface area contributed by atoms with Crippen molar-refractivity contribution in [3.8, 4) is 6.07 Å². The van der Waals surface area contributed by atoms with Crippen molar-refractivity contribution in [2.24, 2.45) is 0 Å². The first kappa shape index (κ1) is 12.1. The summed E-state index contributed by atoms with van der Waals surface area (Å²) in [7, 11) is 0. The van der Waals surface area contributed by atoms with Crippen LogP contribution in [0, 0.1) is 11.3 Å². The van der Waals surface area contributed by atoms with E-state index in [2.05, 4.69) is 25.9 Å². The van der Waals surface area contributed by atoms with Gasteiger partial charge in [-0.15, -0.1) is 0 Å². The lowest BCUT2D eigenvalue weighted by Gasteiger charge is -2.29. The second-order valence-corrected chi connectivity index (χ2v) is 5.01. The maximum absolute atomic E-state index is 9.06. The minimum atomic E-state index is 0.417. The van der Waals surface area contributed by atoms with Gasteiger partial charge in [0.05, 0.1) is 36.0 Å². The van der Waals surface area contributed by atoms with Crippen LogP contribution in [0.25, 0.3) is 21.9 Å². The number of nitriles is 1. The fraction of sp³-hybridized carbons (Fsp3) is 0.267. The predicted molar refractivity (Wildman–Crippen MR) is 79.1 cm³/mol. The van der Waals surface area contributed by atoms with Crippen molar-refractivity contribution in [1.82, 2.24) is 15.0 Å². The minimum Gasteiger partial charge on any atom is -0.378 e. The number of rotatable bonds is 1. The molecule has 1 N–H and O–H groups in total. The molecule has 0 atom stereocenters. The van der Waals surface area contributed by atoms with Crippen LogP contribution >= 0.6 is 0 Å². The van der Waals surface area contributed by atoms with E-state index in [0.29, 0.717) is 5.69 Å². The number of ether oxygens (including phenoxy) is 1. The highest BCUT2D eigenvalue weighted by Crippen LogP contribution is 2.32. The van der Waals surface area contributed by atoms with Gasteiger partial charge >= 0.3 is 0 Å². The van der Waals surface area contributed by atoms with Crippen molar-refractivity contribution < 1.29 is 4.74 Å². The number of nitrogens with zero attached hydrogens (tertiary/aromatic N) is 4. The molecule has 0 spiro atoms. The summed E-state index contributed by atoms with van der Waals surface area (Å²) in [4.78, 5) is 14.1. The number of fused-ring (bicyclic) bond motifs is 3. The molecule has 1 saturated heterocycles. The highest BCUT2D eigenvalue weighted by atomic mass is 16.5. The summed E-state index contributed by atoms with van der Waals surface area (Å²) in [6.07, 6.45) is 3.50. The molecule has 0 saturated carbocycles. The minimum absolute atomic E-state index is 0.417. The molecule has 0 aliphatic carbocycles. The highest BCUT2D eigenvalue weighted by molar-refractivity contribution is 6.12. The lowest BCUT2D eigenvalue weighted by Crippen LogP contribution is -2.36. The molecule has 0 unspecified atom stereocenters. The van der Waals surface area contributed by atoms with Crippen molar-refractivity contribution in [2.75, 3.05) is 31.2 Å². The number of anilines is 1. The number of morpholine rings is 1. The third kappa shape index (κ3) is 1.90. The van der Waals surface area contributed by atoms with E-state index in [1.54, 1.807) is 12.4 Å². The van der Waals surface area contributed by atoms with Crippen LogP contribution in [0.4, 0.5) is 5.69 Å². The zero-order valence-electron chi connectivity index (χ0n) is 11.3. The molecular weight excluding hydrogens is 266 g/mol. The molecule has 0 radical (unpaired) electrons. The Balaban J connectivity index is 1.99. The molecule has 21 heavy (non-hydrogen) atoms. The van der Waals surface area contributed by atoms with Gasteiger partial charge in [-0.1, -0.05) is 0 Å². The normalized spacial score (nSPS) is 15.5. The van der Waals surface area contributed by atoms with Gasteiger partial charge in [0.2, 0.25) is 0 Å². The Labute approximate surface area is 121 Å². The van der Waals surface area contributed by atoms with Crippen LogP contribution < -0.4 is 4.90 Å². The summed E-state index contributed by atoms with van der Waals surface area (Å²) in [6.45, 7) is 3.19. The summed E-state index contributed by atoms with van der Waals surface area (Å²) in [6, 6.07) is 5.93. The van der Waals surface area contributed by atoms with Gasteiger partial charge in [0.15, 0.2) is 0 Å². The molecule has 1 aliphatic heterocycles. The van der Waals surface area contributed by atoms with E-state index in [-0.39, 0.29) is 0 Å². The zero-order chi connectivity index (χ0) is 14.2. The SMILES string of the molecule is N#Cc1cc2c(cn1)[nH]c1nccc(N3CCOCC3)c12. The average Bonchev–Trinajstić information content (AvgIpc) is 2.93. The molecule has 0 aromatic carbocycles. The van der Waals surface area contributed by atoms with Crippen molar-refractivity contribution in [1.29, 1.82) is 5.26 Å². The number of aromatic nitrogens is 3. The van der Waals surface area contributed by atoms with Crippen LogP contribution in [0.5, 0.6) is 0 Å². The standard InChI is InChI=1S/C15H13N5O/c16-8-10-7-11-12(9-18-10)19-15-14(11)13(1-2-17-15)20-3-5-21-6-4-20/h1-2,7,9H,3-6H2,(H,17,19). The Hall–Kier alpha value is -2.65. The van der Waals surface area contributed by atoms with Crippen LogP contribution in [0.1, 0.15) is 5.69 Å². The molecule has 3 aromatic heterocycles. The van der Waals surface area contributed by atoms with E-state index in [1.807, 2.05) is 12.1 Å². The number of aromatic amines is 1. The predicted octanol–water partition coefficient (Wildman–Crippen LogP) is 1.82. The lowest BCUT2D eigenvalue weighted by molar-refractivity contribution is 0.123. The monoisotopic (exact) mass is 279 g/mol. The fourth-order valence-corrected chi connectivity index (χ4v) is 2.83. The van der Waals surface area contributed by atoms with Crippen LogP contribution in [-0.4, -0.2) is 41.3 Å². The topological polar surface area (TPSA) is 77.8 Å². The van der Waals surface area contributed by atoms with Gasteiger partial charge in [0.25, 0.3) is 0 Å². The van der Waals surface area contributed by atoms with E-state index >= 15 is 0 Å². The van der Waals surface area contributed by atoms with Crippen molar-refractivity contribution in [3.63, 3.8) is 0 Å². The van der Waals surface area contributed by atoms with E-state index in [9.17, 15) is 0 Å². The Kier molecular flexibility index (Phi) is 2.72. The average molecular weight is 279 g/mol. The van der Waals surface area contributed by atoms with Gasteiger partial charge in [0, 0.05) is 24.7 Å².